The van der Waals surface area contributed by atoms with Gasteiger partial charge in [-0.3, -0.25) is 4.79 Å². The first-order valence-electron chi connectivity index (χ1n) is 5.52. The molecule has 0 fully saturated rings. The van der Waals surface area contributed by atoms with Crippen LogP contribution in [-0.2, 0) is 9.53 Å². The minimum absolute atomic E-state index is 0.225. The first-order chi connectivity index (χ1) is 7.97. The Kier molecular flexibility index (Phi) is 4.93. The zero-order valence-corrected chi connectivity index (χ0v) is 11.8. The maximum atomic E-state index is 11.8. The van der Waals surface area contributed by atoms with Gasteiger partial charge in [-0.25, -0.2) is 4.79 Å². The Labute approximate surface area is 109 Å². The van der Waals surface area contributed by atoms with Crippen molar-refractivity contribution in [2.24, 2.45) is 0 Å². The summed E-state index contributed by atoms with van der Waals surface area (Å²) in [6.45, 7) is 5.83. The number of esters is 1. The fourth-order valence-corrected chi connectivity index (χ4v) is 1.99. The molecule has 0 saturated heterocycles. The lowest BCUT2D eigenvalue weighted by molar-refractivity contribution is -0.147. The largest absolute Gasteiger partial charge is 0.464 e. The summed E-state index contributed by atoms with van der Waals surface area (Å²) < 4.78 is 6.87. The molecule has 0 aliphatic rings. The Balaban J connectivity index is 3.00. The van der Waals surface area contributed by atoms with Crippen molar-refractivity contribution in [3.63, 3.8) is 0 Å². The lowest BCUT2D eigenvalue weighted by Gasteiger charge is -2.15. The van der Waals surface area contributed by atoms with Gasteiger partial charge in [0.1, 0.15) is 6.04 Å². The number of aromatic nitrogens is 1. The van der Waals surface area contributed by atoms with E-state index >= 15 is 0 Å². The molecule has 1 atom stereocenters. The Bertz CT molecular complexity index is 467. The standard InChI is InChI=1S/C12H16BrNO3/c1-4-5-17-12(16)9(3)14-7-8(2)6-10(13)11(14)15/h6-7,9H,4-5H2,1-3H3. The molecular weight excluding hydrogens is 286 g/mol. The van der Waals surface area contributed by atoms with Gasteiger partial charge in [-0.15, -0.1) is 0 Å². The van der Waals surface area contributed by atoms with Crippen molar-refractivity contribution in [1.29, 1.82) is 0 Å². The van der Waals surface area contributed by atoms with E-state index in [4.69, 9.17) is 4.74 Å². The van der Waals surface area contributed by atoms with Crippen LogP contribution in [0.3, 0.4) is 0 Å². The highest BCUT2D eigenvalue weighted by Gasteiger charge is 2.18. The third kappa shape index (κ3) is 3.43. The van der Waals surface area contributed by atoms with E-state index in [1.165, 1.54) is 4.57 Å². The van der Waals surface area contributed by atoms with Gasteiger partial charge in [0.05, 0.1) is 11.1 Å². The van der Waals surface area contributed by atoms with Gasteiger partial charge >= 0.3 is 5.97 Å². The summed E-state index contributed by atoms with van der Waals surface area (Å²) in [7, 11) is 0. The number of rotatable bonds is 4. The number of hydrogen-bond acceptors (Lipinski definition) is 3. The molecule has 0 saturated carbocycles. The molecule has 1 unspecified atom stereocenters. The van der Waals surface area contributed by atoms with Crippen LogP contribution >= 0.6 is 15.9 Å². The summed E-state index contributed by atoms with van der Waals surface area (Å²) in [5.41, 5.74) is 0.683. The average molecular weight is 302 g/mol. The van der Waals surface area contributed by atoms with Gasteiger partial charge in [-0.2, -0.15) is 0 Å². The number of ether oxygens (including phenoxy) is 1. The zero-order chi connectivity index (χ0) is 13.0. The second-order valence-corrected chi connectivity index (χ2v) is 4.78. The molecule has 1 aromatic heterocycles. The van der Waals surface area contributed by atoms with Crippen LogP contribution in [0.4, 0.5) is 0 Å². The number of halogens is 1. The zero-order valence-electron chi connectivity index (χ0n) is 10.2. The Morgan fingerprint density at radius 1 is 1.59 bits per heavy atom. The highest BCUT2D eigenvalue weighted by Crippen LogP contribution is 2.11. The monoisotopic (exact) mass is 301 g/mol. The number of nitrogens with zero attached hydrogens (tertiary/aromatic N) is 1. The van der Waals surface area contributed by atoms with Gasteiger partial charge < -0.3 is 9.30 Å². The van der Waals surface area contributed by atoms with Crippen LogP contribution in [0.25, 0.3) is 0 Å². The molecule has 0 aromatic carbocycles. The van der Waals surface area contributed by atoms with Crippen molar-refractivity contribution in [1.82, 2.24) is 4.57 Å². The molecule has 4 nitrogen and oxygen atoms in total. The lowest BCUT2D eigenvalue weighted by Crippen LogP contribution is -2.29. The SMILES string of the molecule is CCCOC(=O)C(C)n1cc(C)cc(Br)c1=O. The summed E-state index contributed by atoms with van der Waals surface area (Å²) in [5, 5.41) is 0. The third-order valence-corrected chi connectivity index (χ3v) is 2.91. The number of aryl methyl sites for hydroxylation is 1. The van der Waals surface area contributed by atoms with Crippen molar-refractivity contribution < 1.29 is 9.53 Å². The van der Waals surface area contributed by atoms with Crippen LogP contribution < -0.4 is 5.56 Å². The van der Waals surface area contributed by atoms with Crippen molar-refractivity contribution >= 4 is 21.9 Å². The molecule has 5 heteroatoms. The smallest absolute Gasteiger partial charge is 0.328 e. The number of carbonyl (C=O) groups excluding carboxylic acids is 1. The van der Waals surface area contributed by atoms with Crippen molar-refractivity contribution in [3.8, 4) is 0 Å². The van der Waals surface area contributed by atoms with E-state index in [1.807, 2.05) is 13.8 Å². The number of carbonyl (C=O) groups is 1. The summed E-state index contributed by atoms with van der Waals surface area (Å²) in [6, 6.07) is 1.12. The van der Waals surface area contributed by atoms with Gasteiger partial charge in [0, 0.05) is 6.20 Å². The second-order valence-electron chi connectivity index (χ2n) is 3.92. The van der Waals surface area contributed by atoms with Crippen molar-refractivity contribution in [2.45, 2.75) is 33.2 Å². The quantitative estimate of drug-likeness (QED) is 0.803. The fourth-order valence-electron chi connectivity index (χ4n) is 1.42. The Morgan fingerprint density at radius 3 is 2.82 bits per heavy atom. The Hall–Kier alpha value is -1.10. The summed E-state index contributed by atoms with van der Waals surface area (Å²) in [4.78, 5) is 23.5. The normalized spacial score (nSPS) is 12.2. The van der Waals surface area contributed by atoms with E-state index < -0.39 is 6.04 Å². The molecule has 0 radical (unpaired) electrons. The molecule has 1 heterocycles. The minimum Gasteiger partial charge on any atom is -0.464 e. The minimum atomic E-state index is -0.606. The second kappa shape index (κ2) is 6.00. The molecule has 0 aliphatic carbocycles. The summed E-state index contributed by atoms with van der Waals surface area (Å²) in [6.07, 6.45) is 2.43. The molecule has 1 rings (SSSR count). The Morgan fingerprint density at radius 2 is 2.24 bits per heavy atom. The van der Waals surface area contributed by atoms with Crippen molar-refractivity contribution in [3.05, 3.63) is 32.7 Å². The molecule has 0 aliphatic heterocycles. The van der Waals surface area contributed by atoms with Gasteiger partial charge in [0.25, 0.3) is 5.56 Å². The van der Waals surface area contributed by atoms with Crippen LogP contribution in [0.15, 0.2) is 21.5 Å². The van der Waals surface area contributed by atoms with E-state index in [9.17, 15) is 9.59 Å². The van der Waals surface area contributed by atoms with E-state index in [-0.39, 0.29) is 11.5 Å². The first kappa shape index (κ1) is 14.0. The highest BCUT2D eigenvalue weighted by atomic mass is 79.9. The number of pyridine rings is 1. The van der Waals surface area contributed by atoms with E-state index in [1.54, 1.807) is 19.2 Å². The molecule has 17 heavy (non-hydrogen) atoms. The molecule has 0 bridgehead atoms. The fraction of sp³-hybridized carbons (Fsp3) is 0.500. The molecule has 94 valence electrons. The van der Waals surface area contributed by atoms with Crippen LogP contribution in [0.2, 0.25) is 0 Å². The van der Waals surface area contributed by atoms with Gasteiger partial charge in [0.2, 0.25) is 0 Å². The summed E-state index contributed by atoms with van der Waals surface area (Å²) >= 11 is 3.18. The third-order valence-electron chi connectivity index (χ3n) is 2.34. The van der Waals surface area contributed by atoms with Gasteiger partial charge in [-0.1, -0.05) is 6.92 Å². The topological polar surface area (TPSA) is 48.3 Å². The molecule has 0 amide bonds. The summed E-state index contributed by atoms with van der Waals surface area (Å²) in [5.74, 6) is -0.383. The average Bonchev–Trinajstić information content (AvgIpc) is 2.29. The van der Waals surface area contributed by atoms with Crippen LogP contribution in [-0.4, -0.2) is 17.1 Å². The van der Waals surface area contributed by atoms with E-state index in [2.05, 4.69) is 15.9 Å². The highest BCUT2D eigenvalue weighted by molar-refractivity contribution is 9.10. The molecular formula is C12H16BrNO3. The van der Waals surface area contributed by atoms with Crippen LogP contribution in [0.1, 0.15) is 31.9 Å². The van der Waals surface area contributed by atoms with Gasteiger partial charge in [-0.05, 0) is 47.8 Å². The van der Waals surface area contributed by atoms with Gasteiger partial charge in [0.15, 0.2) is 0 Å². The molecule has 0 N–H and O–H groups in total. The van der Waals surface area contributed by atoms with E-state index in [0.29, 0.717) is 11.1 Å². The lowest BCUT2D eigenvalue weighted by atomic mass is 10.2. The first-order valence-corrected chi connectivity index (χ1v) is 6.31. The molecule has 0 spiro atoms. The predicted octanol–water partition coefficient (Wildman–Crippen LogP) is 2.43. The maximum Gasteiger partial charge on any atom is 0.328 e. The van der Waals surface area contributed by atoms with Crippen molar-refractivity contribution in [2.75, 3.05) is 6.61 Å². The number of hydrogen-bond donors (Lipinski definition) is 0. The maximum absolute atomic E-state index is 11.8. The predicted molar refractivity (Wildman–Crippen MR) is 69.1 cm³/mol. The molecule has 1 aromatic rings. The van der Waals surface area contributed by atoms with Crippen LogP contribution in [0.5, 0.6) is 0 Å². The van der Waals surface area contributed by atoms with Crippen LogP contribution in [0, 0.1) is 6.92 Å². The van der Waals surface area contributed by atoms with E-state index in [0.717, 1.165) is 12.0 Å².